The fourth-order valence-electron chi connectivity index (χ4n) is 2.78. The first-order chi connectivity index (χ1) is 13.8. The standard InChI is InChI=1S/C18H19ClN2O8/c1-10-15(28-17(22)26-3)14(12-6-4-5-7-13(12)21(24)25)16(11(2)20-10)29-18(23)27-9-8-19/h4-7,14,20H,8-9H2,1-3H3. The Kier molecular flexibility index (Phi) is 7.43. The molecule has 10 nitrogen and oxygen atoms in total. The minimum Gasteiger partial charge on any atom is -0.437 e. The molecule has 0 aliphatic carbocycles. The van der Waals surface area contributed by atoms with Crippen molar-refractivity contribution in [2.24, 2.45) is 0 Å². The highest BCUT2D eigenvalue weighted by Gasteiger charge is 2.38. The zero-order valence-electron chi connectivity index (χ0n) is 15.9. The van der Waals surface area contributed by atoms with Gasteiger partial charge in [-0.15, -0.1) is 11.6 Å². The van der Waals surface area contributed by atoms with Crippen LogP contribution in [-0.4, -0.2) is 36.8 Å². The lowest BCUT2D eigenvalue weighted by atomic mass is 9.89. The molecule has 0 saturated heterocycles. The molecule has 0 bridgehead atoms. The zero-order chi connectivity index (χ0) is 21.6. The molecule has 2 rings (SSSR count). The molecule has 0 amide bonds. The summed E-state index contributed by atoms with van der Waals surface area (Å²) in [6.45, 7) is 3.12. The van der Waals surface area contributed by atoms with Crippen LogP contribution in [0.5, 0.6) is 0 Å². The van der Waals surface area contributed by atoms with E-state index in [9.17, 15) is 19.7 Å². The first kappa shape index (κ1) is 22.0. The third-order valence-electron chi connectivity index (χ3n) is 3.93. The predicted octanol–water partition coefficient (Wildman–Crippen LogP) is 3.92. The maximum absolute atomic E-state index is 12.0. The third-order valence-corrected chi connectivity index (χ3v) is 4.09. The minimum absolute atomic E-state index is 0.0168. The van der Waals surface area contributed by atoms with Crippen molar-refractivity contribution in [2.75, 3.05) is 19.6 Å². The van der Waals surface area contributed by atoms with E-state index in [0.717, 1.165) is 7.11 Å². The Morgan fingerprint density at radius 2 is 1.72 bits per heavy atom. The summed E-state index contributed by atoms with van der Waals surface area (Å²) in [5, 5.41) is 14.5. The van der Waals surface area contributed by atoms with Crippen molar-refractivity contribution >= 4 is 29.6 Å². The van der Waals surface area contributed by atoms with Crippen LogP contribution in [-0.2, 0) is 18.9 Å². The first-order valence-corrected chi connectivity index (χ1v) is 8.91. The number of halogens is 1. The van der Waals surface area contributed by atoms with E-state index in [-0.39, 0.29) is 35.3 Å². The maximum Gasteiger partial charge on any atom is 0.513 e. The monoisotopic (exact) mass is 426 g/mol. The van der Waals surface area contributed by atoms with E-state index < -0.39 is 23.2 Å². The molecule has 0 aromatic heterocycles. The van der Waals surface area contributed by atoms with Crippen LogP contribution < -0.4 is 5.32 Å². The Morgan fingerprint density at radius 3 is 2.28 bits per heavy atom. The van der Waals surface area contributed by atoms with Crippen LogP contribution in [0.4, 0.5) is 15.3 Å². The maximum atomic E-state index is 12.0. The van der Waals surface area contributed by atoms with Crippen LogP contribution >= 0.6 is 11.6 Å². The predicted molar refractivity (Wildman–Crippen MR) is 101 cm³/mol. The van der Waals surface area contributed by atoms with Gasteiger partial charge in [-0.3, -0.25) is 10.1 Å². The fourth-order valence-corrected chi connectivity index (χ4v) is 2.86. The first-order valence-electron chi connectivity index (χ1n) is 8.38. The molecule has 11 heteroatoms. The quantitative estimate of drug-likeness (QED) is 0.311. The highest BCUT2D eigenvalue weighted by Crippen LogP contribution is 2.42. The average molecular weight is 427 g/mol. The lowest BCUT2D eigenvalue weighted by molar-refractivity contribution is -0.385. The van der Waals surface area contributed by atoms with Crippen LogP contribution in [0.1, 0.15) is 25.3 Å². The fraction of sp³-hybridized carbons (Fsp3) is 0.333. The second-order valence-corrected chi connectivity index (χ2v) is 6.18. The molecular formula is C18H19ClN2O8. The van der Waals surface area contributed by atoms with E-state index in [0.29, 0.717) is 11.4 Å². The van der Waals surface area contributed by atoms with E-state index in [1.165, 1.54) is 18.2 Å². The van der Waals surface area contributed by atoms with Crippen LogP contribution in [0.15, 0.2) is 47.2 Å². The van der Waals surface area contributed by atoms with Crippen molar-refractivity contribution in [3.63, 3.8) is 0 Å². The van der Waals surface area contributed by atoms with Crippen molar-refractivity contribution in [1.29, 1.82) is 0 Å². The van der Waals surface area contributed by atoms with E-state index in [1.54, 1.807) is 19.9 Å². The van der Waals surface area contributed by atoms with Crippen molar-refractivity contribution in [3.05, 3.63) is 62.9 Å². The van der Waals surface area contributed by atoms with Crippen LogP contribution in [0.25, 0.3) is 0 Å². The van der Waals surface area contributed by atoms with Gasteiger partial charge in [0.2, 0.25) is 0 Å². The molecule has 1 heterocycles. The van der Waals surface area contributed by atoms with Gasteiger partial charge in [0.25, 0.3) is 5.69 Å². The number of ether oxygens (including phenoxy) is 4. The molecule has 1 unspecified atom stereocenters. The number of hydrogen-bond donors (Lipinski definition) is 1. The van der Waals surface area contributed by atoms with Gasteiger partial charge in [-0.05, 0) is 13.8 Å². The van der Waals surface area contributed by atoms with E-state index in [1.807, 2.05) is 0 Å². The molecule has 0 radical (unpaired) electrons. The van der Waals surface area contributed by atoms with Gasteiger partial charge in [0.15, 0.2) is 0 Å². The number of nitro benzene ring substituents is 1. The molecule has 1 aliphatic heterocycles. The van der Waals surface area contributed by atoms with E-state index in [2.05, 4.69) is 10.1 Å². The number of benzene rings is 1. The summed E-state index contributed by atoms with van der Waals surface area (Å²) in [4.78, 5) is 34.8. The summed E-state index contributed by atoms with van der Waals surface area (Å²) in [6.07, 6.45) is -2.09. The Bertz CT molecular complexity index is 880. The number of allylic oxidation sites excluding steroid dienone is 2. The summed E-state index contributed by atoms with van der Waals surface area (Å²) in [5.74, 6) is -1.06. The number of nitro groups is 1. The Hall–Kier alpha value is -3.27. The summed E-state index contributed by atoms with van der Waals surface area (Å²) in [6, 6.07) is 5.84. The summed E-state index contributed by atoms with van der Waals surface area (Å²) < 4.78 is 19.9. The van der Waals surface area contributed by atoms with Gasteiger partial charge in [0.1, 0.15) is 24.0 Å². The van der Waals surface area contributed by atoms with Crippen molar-refractivity contribution < 1.29 is 33.5 Å². The number of alkyl halides is 1. The minimum atomic E-state index is -1.08. The van der Waals surface area contributed by atoms with Gasteiger partial charge >= 0.3 is 12.3 Å². The normalized spacial score (nSPS) is 16.1. The number of methoxy groups -OCH3 is 1. The average Bonchev–Trinajstić information content (AvgIpc) is 2.69. The Morgan fingerprint density at radius 1 is 1.14 bits per heavy atom. The number of dihydropyridines is 1. The van der Waals surface area contributed by atoms with Gasteiger partial charge in [0.05, 0.1) is 29.3 Å². The van der Waals surface area contributed by atoms with Crippen molar-refractivity contribution in [1.82, 2.24) is 5.32 Å². The molecule has 0 fully saturated rings. The molecular weight excluding hydrogens is 408 g/mol. The van der Waals surface area contributed by atoms with Crippen LogP contribution in [0.2, 0.25) is 0 Å². The summed E-state index contributed by atoms with van der Waals surface area (Å²) in [7, 11) is 1.12. The number of hydrogen-bond acceptors (Lipinski definition) is 9. The number of nitrogens with one attached hydrogen (secondary N) is 1. The number of nitrogens with zero attached hydrogens (tertiary/aromatic N) is 1. The summed E-state index contributed by atoms with van der Waals surface area (Å²) >= 11 is 5.50. The summed E-state index contributed by atoms with van der Waals surface area (Å²) in [5.41, 5.74) is 0.668. The van der Waals surface area contributed by atoms with Gasteiger partial charge in [-0.25, -0.2) is 9.59 Å². The van der Waals surface area contributed by atoms with Gasteiger partial charge < -0.3 is 24.3 Å². The van der Waals surface area contributed by atoms with Crippen molar-refractivity contribution in [2.45, 2.75) is 19.8 Å². The van der Waals surface area contributed by atoms with Crippen LogP contribution in [0.3, 0.4) is 0 Å². The lowest BCUT2D eigenvalue weighted by Crippen LogP contribution is -2.29. The van der Waals surface area contributed by atoms with Gasteiger partial charge in [-0.1, -0.05) is 18.2 Å². The van der Waals surface area contributed by atoms with E-state index in [4.69, 9.17) is 25.8 Å². The third kappa shape index (κ3) is 5.17. The highest BCUT2D eigenvalue weighted by atomic mass is 35.5. The molecule has 0 saturated carbocycles. The molecule has 156 valence electrons. The number of carbonyl (C=O) groups excluding carboxylic acids is 2. The van der Waals surface area contributed by atoms with Crippen molar-refractivity contribution in [3.8, 4) is 0 Å². The Labute approximate surface area is 171 Å². The second-order valence-electron chi connectivity index (χ2n) is 5.80. The van der Waals surface area contributed by atoms with Gasteiger partial charge in [0, 0.05) is 11.6 Å². The molecule has 0 spiro atoms. The highest BCUT2D eigenvalue weighted by molar-refractivity contribution is 6.18. The largest absolute Gasteiger partial charge is 0.513 e. The smallest absolute Gasteiger partial charge is 0.437 e. The Balaban J connectivity index is 2.59. The number of carbonyl (C=O) groups is 2. The van der Waals surface area contributed by atoms with Gasteiger partial charge in [-0.2, -0.15) is 0 Å². The SMILES string of the molecule is COC(=O)OC1=C(C)NC(C)=C(OC(=O)OCCCl)C1c1ccccc1[N+](=O)[O-]. The van der Waals surface area contributed by atoms with Crippen LogP contribution in [0, 0.1) is 10.1 Å². The molecule has 1 aromatic carbocycles. The molecule has 1 N–H and O–H groups in total. The van der Waals surface area contributed by atoms with E-state index >= 15 is 0 Å². The number of para-hydroxylation sites is 1. The second kappa shape index (κ2) is 9.78. The number of rotatable bonds is 6. The molecule has 1 aromatic rings. The molecule has 1 aliphatic rings. The molecule has 1 atom stereocenters. The lowest BCUT2D eigenvalue weighted by Gasteiger charge is -2.29. The molecule has 29 heavy (non-hydrogen) atoms. The zero-order valence-corrected chi connectivity index (χ0v) is 16.6. The topological polar surface area (TPSA) is 126 Å².